The molecule has 1 atom stereocenters. The van der Waals surface area contributed by atoms with E-state index in [1.807, 2.05) is 20.2 Å². The summed E-state index contributed by atoms with van der Waals surface area (Å²) in [6.45, 7) is 2.02. The molecule has 1 heterocycles. The van der Waals surface area contributed by atoms with Gasteiger partial charge in [0.2, 0.25) is 0 Å². The number of hydrogen-bond donors (Lipinski definition) is 1. The lowest BCUT2D eigenvalue weighted by atomic mass is 10.0. The summed E-state index contributed by atoms with van der Waals surface area (Å²) in [5, 5.41) is 15.9. The highest BCUT2D eigenvalue weighted by molar-refractivity contribution is 6.33. The zero-order chi connectivity index (χ0) is 14.0. The van der Waals surface area contributed by atoms with Gasteiger partial charge in [0, 0.05) is 35.3 Å². The van der Waals surface area contributed by atoms with Crippen LogP contribution in [-0.2, 0) is 19.9 Å². The molecule has 0 spiro atoms. The van der Waals surface area contributed by atoms with Crippen LogP contribution >= 0.6 is 23.2 Å². The van der Waals surface area contributed by atoms with E-state index in [-0.39, 0.29) is 0 Å². The van der Waals surface area contributed by atoms with Gasteiger partial charge in [-0.1, -0.05) is 30.1 Å². The van der Waals surface area contributed by atoms with Crippen LogP contribution < -0.4 is 0 Å². The third-order valence-electron chi connectivity index (χ3n) is 3.05. The van der Waals surface area contributed by atoms with E-state index in [1.165, 1.54) is 0 Å². The molecule has 2 rings (SSSR count). The first-order chi connectivity index (χ1) is 9.01. The van der Waals surface area contributed by atoms with Crippen molar-refractivity contribution in [1.82, 2.24) is 9.78 Å². The fourth-order valence-electron chi connectivity index (χ4n) is 2.12. The molecular weight excluding hydrogens is 283 g/mol. The predicted molar refractivity (Wildman–Crippen MR) is 77.7 cm³/mol. The summed E-state index contributed by atoms with van der Waals surface area (Å²) in [4.78, 5) is 0. The van der Waals surface area contributed by atoms with Crippen molar-refractivity contribution < 1.29 is 5.11 Å². The molecule has 0 saturated carbocycles. The summed E-state index contributed by atoms with van der Waals surface area (Å²) in [5.74, 6) is 0. The number of aliphatic hydroxyl groups is 1. The van der Waals surface area contributed by atoms with Crippen LogP contribution in [0.2, 0.25) is 10.0 Å². The highest BCUT2D eigenvalue weighted by Gasteiger charge is 2.17. The molecule has 1 unspecified atom stereocenters. The molecule has 1 aromatic heterocycles. The van der Waals surface area contributed by atoms with Gasteiger partial charge in [-0.3, -0.25) is 4.68 Å². The largest absolute Gasteiger partial charge is 0.388 e. The summed E-state index contributed by atoms with van der Waals surface area (Å²) >= 11 is 12.1. The molecule has 5 heteroatoms. The average Bonchev–Trinajstić information content (AvgIpc) is 2.75. The van der Waals surface area contributed by atoms with E-state index in [9.17, 15) is 5.11 Å². The maximum absolute atomic E-state index is 10.4. The van der Waals surface area contributed by atoms with E-state index in [4.69, 9.17) is 23.2 Å². The fraction of sp³-hybridized carbons (Fsp3) is 0.357. The summed E-state index contributed by atoms with van der Waals surface area (Å²) in [7, 11) is 1.85. The summed E-state index contributed by atoms with van der Waals surface area (Å²) in [5.41, 5.74) is 2.60. The van der Waals surface area contributed by atoms with E-state index < -0.39 is 6.10 Å². The molecule has 1 aromatic carbocycles. The summed E-state index contributed by atoms with van der Waals surface area (Å²) in [6.07, 6.45) is 2.44. The Labute approximate surface area is 122 Å². The molecule has 0 aliphatic rings. The average molecular weight is 299 g/mol. The topological polar surface area (TPSA) is 38.0 Å². The first-order valence-electron chi connectivity index (χ1n) is 6.15. The van der Waals surface area contributed by atoms with Crippen LogP contribution in [0.5, 0.6) is 0 Å². The molecule has 0 bridgehead atoms. The van der Waals surface area contributed by atoms with Crippen molar-refractivity contribution >= 4 is 23.2 Å². The molecular formula is C14H16Cl2N2O. The minimum atomic E-state index is -0.625. The second-order valence-corrected chi connectivity index (χ2v) is 5.36. The molecule has 0 aliphatic carbocycles. The van der Waals surface area contributed by atoms with Crippen molar-refractivity contribution in [2.45, 2.75) is 25.9 Å². The lowest BCUT2D eigenvalue weighted by molar-refractivity contribution is 0.177. The molecule has 0 saturated heterocycles. The molecule has 0 aliphatic heterocycles. The van der Waals surface area contributed by atoms with Gasteiger partial charge in [0.05, 0.1) is 11.8 Å². The van der Waals surface area contributed by atoms with Crippen molar-refractivity contribution in [3.8, 4) is 0 Å². The Hall–Kier alpha value is -1.03. The molecule has 19 heavy (non-hydrogen) atoms. The third kappa shape index (κ3) is 3.30. The van der Waals surface area contributed by atoms with E-state index in [1.54, 1.807) is 22.9 Å². The Morgan fingerprint density at radius 2 is 2.11 bits per heavy atom. The van der Waals surface area contributed by atoms with E-state index in [0.29, 0.717) is 16.5 Å². The molecule has 102 valence electrons. The number of nitrogens with zero attached hydrogens (tertiary/aromatic N) is 2. The number of halogens is 2. The van der Waals surface area contributed by atoms with Crippen molar-refractivity contribution in [2.24, 2.45) is 7.05 Å². The Kier molecular flexibility index (Phi) is 4.50. The quantitative estimate of drug-likeness (QED) is 0.937. The molecule has 0 amide bonds. The van der Waals surface area contributed by atoms with Gasteiger partial charge in [0.1, 0.15) is 0 Å². The van der Waals surface area contributed by atoms with Gasteiger partial charge < -0.3 is 5.11 Å². The van der Waals surface area contributed by atoms with E-state index in [0.717, 1.165) is 23.2 Å². The Morgan fingerprint density at radius 1 is 1.37 bits per heavy atom. The van der Waals surface area contributed by atoms with Crippen LogP contribution in [0.25, 0.3) is 0 Å². The van der Waals surface area contributed by atoms with Crippen LogP contribution in [-0.4, -0.2) is 14.9 Å². The Bertz CT molecular complexity index is 581. The Morgan fingerprint density at radius 3 is 2.79 bits per heavy atom. The number of aliphatic hydroxyl groups excluding tert-OH is 1. The third-order valence-corrected chi connectivity index (χ3v) is 3.66. The Balaban J connectivity index is 2.25. The minimum Gasteiger partial charge on any atom is -0.388 e. The van der Waals surface area contributed by atoms with Gasteiger partial charge in [-0.25, -0.2) is 0 Å². The summed E-state index contributed by atoms with van der Waals surface area (Å²) < 4.78 is 1.72. The number of hydrogen-bond acceptors (Lipinski definition) is 2. The summed E-state index contributed by atoms with van der Waals surface area (Å²) in [6, 6.07) is 5.27. The lowest BCUT2D eigenvalue weighted by Gasteiger charge is -2.12. The second kappa shape index (κ2) is 5.95. The molecule has 0 fully saturated rings. The monoisotopic (exact) mass is 298 g/mol. The van der Waals surface area contributed by atoms with Crippen LogP contribution in [0.3, 0.4) is 0 Å². The van der Waals surface area contributed by atoms with Crippen LogP contribution in [0.4, 0.5) is 0 Å². The highest BCUT2D eigenvalue weighted by Crippen LogP contribution is 2.27. The van der Waals surface area contributed by atoms with E-state index >= 15 is 0 Å². The lowest BCUT2D eigenvalue weighted by Crippen LogP contribution is -2.04. The van der Waals surface area contributed by atoms with Crippen LogP contribution in [0, 0.1) is 0 Å². The van der Waals surface area contributed by atoms with Crippen molar-refractivity contribution in [3.63, 3.8) is 0 Å². The van der Waals surface area contributed by atoms with Gasteiger partial charge in [-0.15, -0.1) is 0 Å². The number of rotatable bonds is 4. The zero-order valence-corrected chi connectivity index (χ0v) is 12.4. The number of aromatic nitrogens is 2. The minimum absolute atomic E-state index is 0.429. The maximum Gasteiger partial charge on any atom is 0.0864 e. The number of aryl methyl sites for hydroxylation is 2. The maximum atomic E-state index is 10.4. The van der Waals surface area contributed by atoms with Gasteiger partial charge >= 0.3 is 0 Å². The first-order valence-corrected chi connectivity index (χ1v) is 6.91. The fourth-order valence-corrected chi connectivity index (χ4v) is 2.51. The van der Waals surface area contributed by atoms with Crippen molar-refractivity contribution in [1.29, 1.82) is 0 Å². The van der Waals surface area contributed by atoms with Gasteiger partial charge in [0.25, 0.3) is 0 Å². The molecule has 2 aromatic rings. The second-order valence-electron chi connectivity index (χ2n) is 4.51. The van der Waals surface area contributed by atoms with Crippen molar-refractivity contribution in [2.75, 3.05) is 0 Å². The molecule has 1 N–H and O–H groups in total. The van der Waals surface area contributed by atoms with Gasteiger partial charge in [0.15, 0.2) is 0 Å². The van der Waals surface area contributed by atoms with Gasteiger partial charge in [-0.2, -0.15) is 5.10 Å². The normalized spacial score (nSPS) is 12.7. The van der Waals surface area contributed by atoms with Crippen LogP contribution in [0.1, 0.15) is 29.8 Å². The molecule has 3 nitrogen and oxygen atoms in total. The van der Waals surface area contributed by atoms with Gasteiger partial charge in [-0.05, 0) is 30.2 Å². The first kappa shape index (κ1) is 14.4. The van der Waals surface area contributed by atoms with Crippen LogP contribution in [0.15, 0.2) is 24.4 Å². The number of benzene rings is 1. The molecule has 0 radical (unpaired) electrons. The smallest absolute Gasteiger partial charge is 0.0864 e. The van der Waals surface area contributed by atoms with Crippen molar-refractivity contribution in [3.05, 3.63) is 51.3 Å². The highest BCUT2D eigenvalue weighted by atomic mass is 35.5. The SMILES string of the molecule is CCc1nn(C)cc1C(O)Cc1cc(Cl)ccc1Cl. The predicted octanol–water partition coefficient (Wildman–Crippen LogP) is 3.57. The van der Waals surface area contributed by atoms with E-state index in [2.05, 4.69) is 5.10 Å². The standard InChI is InChI=1S/C14H16Cl2N2O/c1-3-13-11(8-18(2)17-13)14(19)7-9-6-10(15)4-5-12(9)16/h4-6,8,14,19H,3,7H2,1-2H3. The zero-order valence-electron chi connectivity index (χ0n) is 10.9.